The third-order valence-electron chi connectivity index (χ3n) is 9.55. The Morgan fingerprint density at radius 1 is 0.292 bits per heavy atom. The molecule has 48 heavy (non-hydrogen) atoms. The SMILES string of the molecule is CCCC[Si]1(CCCC)O[SiH2]O[SiH2]O[SiH2]O[SiH2]O[Si](CCCC)(CCCC)O[Si](CCCC)(CCCC)O[Si](CCCC)(CCCC)O1. The smallest absolute Gasteiger partial charge is 0.320 e. The highest BCUT2D eigenvalue weighted by Crippen LogP contribution is 2.41. The summed E-state index contributed by atoms with van der Waals surface area (Å²) in [4.78, 5) is 0. The molecule has 0 spiro atoms. The normalized spacial score (nSPS) is 22.5. The monoisotopic (exact) mass is 816 g/mol. The van der Waals surface area contributed by atoms with Gasteiger partial charge in [-0.1, -0.05) is 158 Å². The summed E-state index contributed by atoms with van der Waals surface area (Å²) in [5, 5.41) is 0. The lowest BCUT2D eigenvalue weighted by atomic mass is 10.4. The quantitative estimate of drug-likeness (QED) is 0.0902. The average molecular weight is 818 g/mol. The number of rotatable bonds is 24. The van der Waals surface area contributed by atoms with Crippen molar-refractivity contribution >= 4 is 74.3 Å². The van der Waals surface area contributed by atoms with Gasteiger partial charge in [0.25, 0.3) is 40.0 Å². The average Bonchev–Trinajstić information content (AvgIpc) is 3.10. The summed E-state index contributed by atoms with van der Waals surface area (Å²) < 4.78 is 56.9. The first-order valence-electron chi connectivity index (χ1n) is 20.4. The molecule has 0 aromatic rings. The molecule has 0 radical (unpaired) electrons. The number of hydrogen-bond donors (Lipinski definition) is 0. The van der Waals surface area contributed by atoms with E-state index in [0.717, 1.165) is 151 Å². The molecule has 0 aliphatic carbocycles. The van der Waals surface area contributed by atoms with E-state index in [1.165, 1.54) is 0 Å². The van der Waals surface area contributed by atoms with Crippen LogP contribution in [0.3, 0.4) is 0 Å². The van der Waals surface area contributed by atoms with Gasteiger partial charge in [0.1, 0.15) is 0 Å². The standard InChI is InChI=1S/C32H80O8Si8/c1-9-17-25-45(26-18-10-2)36-43-34-41-33-42-35-44-37-46(27-19-11-3,28-20-12-4)39-48(31-23-15-7,32-24-16-8)40-47(38-45,29-21-13-5)30-22-14-6/h9-32,41-44H2,1-8H3. The van der Waals surface area contributed by atoms with Crippen molar-refractivity contribution in [1.82, 2.24) is 0 Å². The molecular formula is C32H80O8Si8. The van der Waals surface area contributed by atoms with Crippen molar-refractivity contribution in [1.29, 1.82) is 0 Å². The Hall–Kier alpha value is 1.42. The van der Waals surface area contributed by atoms with E-state index < -0.39 is 74.3 Å². The van der Waals surface area contributed by atoms with Crippen LogP contribution in [-0.4, -0.2) is 74.3 Å². The first-order chi connectivity index (χ1) is 23.3. The molecule has 1 aliphatic heterocycles. The Kier molecular flexibility index (Phi) is 28.5. The summed E-state index contributed by atoms with van der Waals surface area (Å²) >= 11 is 0. The predicted octanol–water partition coefficient (Wildman–Crippen LogP) is 8.30. The molecule has 1 aliphatic rings. The molecule has 0 N–H and O–H groups in total. The molecule has 0 bridgehead atoms. The zero-order valence-electron chi connectivity index (χ0n) is 33.1. The first-order valence-corrected chi connectivity index (χ1v) is 34.0. The van der Waals surface area contributed by atoms with Gasteiger partial charge in [-0.2, -0.15) is 0 Å². The zero-order valence-corrected chi connectivity index (χ0v) is 42.7. The van der Waals surface area contributed by atoms with E-state index in [4.69, 9.17) is 32.9 Å². The Bertz CT molecular complexity index is 671. The lowest BCUT2D eigenvalue weighted by molar-refractivity contribution is 0.241. The summed E-state index contributed by atoms with van der Waals surface area (Å²) in [6, 6.07) is 8.32. The molecule has 1 rings (SSSR count). The van der Waals surface area contributed by atoms with Crippen LogP contribution in [0, 0.1) is 0 Å². The summed E-state index contributed by atoms with van der Waals surface area (Å²) in [6.07, 6.45) is 18.3. The van der Waals surface area contributed by atoms with Crippen LogP contribution in [0.1, 0.15) is 158 Å². The molecule has 0 unspecified atom stereocenters. The summed E-state index contributed by atoms with van der Waals surface area (Å²) in [7, 11) is -15.4. The fourth-order valence-corrected chi connectivity index (χ4v) is 40.5. The Morgan fingerprint density at radius 2 is 0.500 bits per heavy atom. The van der Waals surface area contributed by atoms with Gasteiger partial charge in [-0.25, -0.2) is 0 Å². The molecule has 16 heteroatoms. The fraction of sp³-hybridized carbons (Fsp3) is 1.00. The van der Waals surface area contributed by atoms with Gasteiger partial charge in [0.2, 0.25) is 0 Å². The van der Waals surface area contributed by atoms with Crippen molar-refractivity contribution in [3.8, 4) is 0 Å². The van der Waals surface area contributed by atoms with Gasteiger partial charge in [-0.3, -0.25) is 0 Å². The van der Waals surface area contributed by atoms with Crippen LogP contribution < -0.4 is 0 Å². The molecule has 8 nitrogen and oxygen atoms in total. The first kappa shape index (κ1) is 47.4. The van der Waals surface area contributed by atoms with Gasteiger partial charge in [0, 0.05) is 0 Å². The fourth-order valence-electron chi connectivity index (χ4n) is 6.61. The highest BCUT2D eigenvalue weighted by Gasteiger charge is 2.56. The Morgan fingerprint density at radius 3 is 0.750 bits per heavy atom. The largest absolute Gasteiger partial charge is 0.425 e. The second kappa shape index (κ2) is 28.9. The Labute approximate surface area is 312 Å². The second-order valence-electron chi connectivity index (χ2n) is 14.1. The van der Waals surface area contributed by atoms with E-state index in [-0.39, 0.29) is 0 Å². The molecule has 1 fully saturated rings. The minimum absolute atomic E-state index is 1.04. The Balaban J connectivity index is 4.03. The molecule has 0 amide bonds. The van der Waals surface area contributed by atoms with E-state index in [0.29, 0.717) is 0 Å². The molecule has 0 aromatic heterocycles. The zero-order chi connectivity index (χ0) is 35.5. The van der Waals surface area contributed by atoms with Gasteiger partial charge in [0.05, 0.1) is 0 Å². The van der Waals surface area contributed by atoms with E-state index in [1.807, 2.05) is 0 Å². The maximum absolute atomic E-state index is 8.15. The lowest BCUT2D eigenvalue weighted by Crippen LogP contribution is -2.64. The maximum atomic E-state index is 8.15. The molecule has 0 aromatic carbocycles. The van der Waals surface area contributed by atoms with Crippen molar-refractivity contribution in [3.63, 3.8) is 0 Å². The number of unbranched alkanes of at least 4 members (excludes halogenated alkanes) is 8. The second-order valence-corrected chi connectivity index (χ2v) is 36.0. The molecular weight excluding hydrogens is 737 g/mol. The summed E-state index contributed by atoms with van der Waals surface area (Å²) in [5.74, 6) is 0. The lowest BCUT2D eigenvalue weighted by Gasteiger charge is -2.49. The van der Waals surface area contributed by atoms with Crippen molar-refractivity contribution < 1.29 is 32.9 Å². The van der Waals surface area contributed by atoms with Crippen molar-refractivity contribution in [2.24, 2.45) is 0 Å². The van der Waals surface area contributed by atoms with E-state index in [2.05, 4.69) is 55.4 Å². The minimum Gasteiger partial charge on any atom is -0.425 e. The molecule has 1 saturated heterocycles. The minimum atomic E-state index is -2.77. The van der Waals surface area contributed by atoms with Crippen LogP contribution >= 0.6 is 0 Å². The number of hydrogen-bond acceptors (Lipinski definition) is 8. The summed E-state index contributed by atoms with van der Waals surface area (Å²) in [5.41, 5.74) is 0. The summed E-state index contributed by atoms with van der Waals surface area (Å²) in [6.45, 7) is 18.5. The maximum Gasteiger partial charge on any atom is 0.320 e. The van der Waals surface area contributed by atoms with Crippen molar-refractivity contribution in [3.05, 3.63) is 0 Å². The van der Waals surface area contributed by atoms with Crippen molar-refractivity contribution in [2.75, 3.05) is 0 Å². The van der Waals surface area contributed by atoms with Crippen LogP contribution in [0.4, 0.5) is 0 Å². The molecule has 288 valence electrons. The van der Waals surface area contributed by atoms with Crippen LogP contribution in [0.15, 0.2) is 0 Å². The highest BCUT2D eigenvalue weighted by atomic mass is 28.5. The van der Waals surface area contributed by atoms with Gasteiger partial charge in [-0.15, -0.1) is 0 Å². The van der Waals surface area contributed by atoms with Gasteiger partial charge in [0.15, 0.2) is 0 Å². The van der Waals surface area contributed by atoms with Gasteiger partial charge >= 0.3 is 34.2 Å². The third kappa shape index (κ3) is 19.0. The molecule has 1 heterocycles. The van der Waals surface area contributed by atoms with Crippen LogP contribution in [0.5, 0.6) is 0 Å². The van der Waals surface area contributed by atoms with E-state index in [9.17, 15) is 0 Å². The topological polar surface area (TPSA) is 73.8 Å². The molecule has 0 saturated carbocycles. The van der Waals surface area contributed by atoms with Crippen molar-refractivity contribution in [2.45, 2.75) is 206 Å². The van der Waals surface area contributed by atoms with Crippen LogP contribution in [-0.2, 0) is 32.9 Å². The van der Waals surface area contributed by atoms with Crippen LogP contribution in [0.25, 0.3) is 0 Å². The molecule has 0 atom stereocenters. The van der Waals surface area contributed by atoms with E-state index >= 15 is 0 Å². The van der Waals surface area contributed by atoms with E-state index in [1.54, 1.807) is 0 Å². The van der Waals surface area contributed by atoms with Gasteiger partial charge in [-0.05, 0) is 48.4 Å². The van der Waals surface area contributed by atoms with Crippen LogP contribution in [0.2, 0.25) is 48.4 Å². The third-order valence-corrected chi connectivity index (χ3v) is 36.6. The predicted molar refractivity (Wildman–Crippen MR) is 224 cm³/mol. The van der Waals surface area contributed by atoms with Gasteiger partial charge < -0.3 is 32.9 Å². The highest BCUT2D eigenvalue weighted by molar-refractivity contribution is 6.91.